The number of pyridine rings is 1. The van der Waals surface area contributed by atoms with Crippen molar-refractivity contribution in [3.8, 4) is 23.6 Å². The highest BCUT2D eigenvalue weighted by atomic mass is 16.5. The van der Waals surface area contributed by atoms with Gasteiger partial charge in [0.1, 0.15) is 18.0 Å². The van der Waals surface area contributed by atoms with E-state index in [1.54, 1.807) is 29.3 Å². The molecular formula is C14H9N5O. The monoisotopic (exact) mass is 263 g/mol. The molecule has 3 rings (SSSR count). The highest BCUT2D eigenvalue weighted by molar-refractivity contribution is 5.38. The van der Waals surface area contributed by atoms with Crippen LogP contribution in [0, 0.1) is 11.3 Å². The Bertz CT molecular complexity index is 760. The number of aromatic nitrogens is 4. The molecule has 0 fully saturated rings. The molecule has 96 valence electrons. The average Bonchev–Trinajstić information content (AvgIpc) is 2.97. The molecule has 0 bridgehead atoms. The lowest BCUT2D eigenvalue weighted by Gasteiger charge is -2.01. The van der Waals surface area contributed by atoms with Gasteiger partial charge in [0.15, 0.2) is 0 Å². The van der Waals surface area contributed by atoms with Crippen molar-refractivity contribution in [1.82, 2.24) is 19.7 Å². The van der Waals surface area contributed by atoms with E-state index in [-0.39, 0.29) is 11.9 Å². The summed E-state index contributed by atoms with van der Waals surface area (Å²) in [4.78, 5) is 8.04. The minimum absolute atomic E-state index is 0.143. The third-order valence-electron chi connectivity index (χ3n) is 2.57. The first kappa shape index (κ1) is 11.9. The Hall–Kier alpha value is -3.20. The average molecular weight is 263 g/mol. The molecule has 2 aromatic heterocycles. The zero-order valence-electron chi connectivity index (χ0n) is 10.3. The summed E-state index contributed by atoms with van der Waals surface area (Å²) < 4.78 is 7.01. The fourth-order valence-electron chi connectivity index (χ4n) is 1.64. The van der Waals surface area contributed by atoms with Crippen molar-refractivity contribution in [3.05, 3.63) is 60.6 Å². The van der Waals surface area contributed by atoms with Gasteiger partial charge in [-0.3, -0.25) is 0 Å². The van der Waals surface area contributed by atoms with Crippen LogP contribution in [0.1, 0.15) is 5.56 Å². The number of benzene rings is 1. The van der Waals surface area contributed by atoms with Crippen LogP contribution < -0.4 is 4.74 Å². The van der Waals surface area contributed by atoms with Crippen molar-refractivity contribution in [3.63, 3.8) is 0 Å². The Kier molecular flexibility index (Phi) is 3.08. The van der Waals surface area contributed by atoms with Gasteiger partial charge in [0.05, 0.1) is 5.69 Å². The molecule has 6 heteroatoms. The Morgan fingerprint density at radius 3 is 2.70 bits per heavy atom. The third-order valence-corrected chi connectivity index (χ3v) is 2.57. The number of ether oxygens (including phenoxy) is 1. The molecule has 3 aromatic rings. The third kappa shape index (κ3) is 2.33. The largest absolute Gasteiger partial charge is 0.403 e. The first-order chi connectivity index (χ1) is 9.86. The number of nitriles is 1. The summed E-state index contributed by atoms with van der Waals surface area (Å²) in [5.41, 5.74) is 1.21. The number of hydrogen-bond donors (Lipinski definition) is 0. The summed E-state index contributed by atoms with van der Waals surface area (Å²) in [5, 5.41) is 13.1. The molecule has 0 atom stereocenters. The maximum absolute atomic E-state index is 8.96. The fraction of sp³-hybridized carbons (Fsp3) is 0. The van der Waals surface area contributed by atoms with E-state index in [1.807, 2.05) is 36.4 Å². The van der Waals surface area contributed by atoms with Gasteiger partial charge in [0, 0.05) is 6.20 Å². The molecule has 0 amide bonds. The van der Waals surface area contributed by atoms with Crippen LogP contribution in [0.3, 0.4) is 0 Å². The van der Waals surface area contributed by atoms with Crippen LogP contribution in [0.5, 0.6) is 11.9 Å². The molecule has 0 aliphatic carbocycles. The maximum atomic E-state index is 8.96. The Morgan fingerprint density at radius 2 is 1.90 bits per heavy atom. The van der Waals surface area contributed by atoms with Gasteiger partial charge < -0.3 is 4.74 Å². The van der Waals surface area contributed by atoms with Gasteiger partial charge in [-0.15, -0.1) is 5.10 Å². The first-order valence-electron chi connectivity index (χ1n) is 5.87. The molecule has 2 heterocycles. The molecule has 0 aliphatic heterocycles. The molecule has 0 aliphatic rings. The van der Waals surface area contributed by atoms with Crippen molar-refractivity contribution in [2.75, 3.05) is 0 Å². The minimum atomic E-state index is 0.143. The van der Waals surface area contributed by atoms with Crippen LogP contribution in [-0.4, -0.2) is 19.7 Å². The summed E-state index contributed by atoms with van der Waals surface area (Å²) >= 11 is 0. The van der Waals surface area contributed by atoms with Gasteiger partial charge in [-0.1, -0.05) is 18.2 Å². The van der Waals surface area contributed by atoms with E-state index in [9.17, 15) is 0 Å². The first-order valence-corrected chi connectivity index (χ1v) is 5.87. The normalized spacial score (nSPS) is 9.95. The summed E-state index contributed by atoms with van der Waals surface area (Å²) in [6.45, 7) is 0. The predicted molar refractivity (Wildman–Crippen MR) is 70.4 cm³/mol. The van der Waals surface area contributed by atoms with Crippen LogP contribution in [0.2, 0.25) is 0 Å². The van der Waals surface area contributed by atoms with Gasteiger partial charge in [0.25, 0.3) is 0 Å². The molecule has 20 heavy (non-hydrogen) atoms. The van der Waals surface area contributed by atoms with E-state index >= 15 is 0 Å². The van der Waals surface area contributed by atoms with Gasteiger partial charge in [-0.2, -0.15) is 10.2 Å². The van der Waals surface area contributed by atoms with Crippen molar-refractivity contribution in [2.24, 2.45) is 0 Å². The second kappa shape index (κ2) is 5.20. The lowest BCUT2D eigenvalue weighted by molar-refractivity contribution is 0.423. The highest BCUT2D eigenvalue weighted by Crippen LogP contribution is 2.19. The standard InChI is InChI=1S/C14H9N5O/c15-9-11-5-4-8-16-13(11)20-14-17-10-19(18-14)12-6-2-1-3-7-12/h1-8,10H. The van der Waals surface area contributed by atoms with Crippen molar-refractivity contribution in [1.29, 1.82) is 5.26 Å². The highest BCUT2D eigenvalue weighted by Gasteiger charge is 2.09. The summed E-state index contributed by atoms with van der Waals surface area (Å²) in [6.07, 6.45) is 3.09. The van der Waals surface area contributed by atoms with Crippen LogP contribution in [0.4, 0.5) is 0 Å². The van der Waals surface area contributed by atoms with E-state index < -0.39 is 0 Å². The zero-order chi connectivity index (χ0) is 13.8. The van der Waals surface area contributed by atoms with Gasteiger partial charge in [-0.25, -0.2) is 9.67 Å². The van der Waals surface area contributed by atoms with E-state index in [1.165, 1.54) is 0 Å². The molecule has 0 saturated carbocycles. The second-order valence-corrected chi connectivity index (χ2v) is 3.88. The minimum Gasteiger partial charge on any atom is -0.403 e. The zero-order valence-corrected chi connectivity index (χ0v) is 10.3. The van der Waals surface area contributed by atoms with Crippen LogP contribution >= 0.6 is 0 Å². The van der Waals surface area contributed by atoms with Crippen LogP contribution in [-0.2, 0) is 0 Å². The molecule has 0 spiro atoms. The topological polar surface area (TPSA) is 76.6 Å². The van der Waals surface area contributed by atoms with Gasteiger partial charge in [-0.05, 0) is 24.3 Å². The lowest BCUT2D eigenvalue weighted by Crippen LogP contribution is -1.96. The Morgan fingerprint density at radius 1 is 1.05 bits per heavy atom. The summed E-state index contributed by atoms with van der Waals surface area (Å²) in [6, 6.07) is 15.0. The molecule has 0 radical (unpaired) electrons. The second-order valence-electron chi connectivity index (χ2n) is 3.88. The smallest absolute Gasteiger partial charge is 0.342 e. The Balaban J connectivity index is 1.87. The molecule has 0 saturated heterocycles. The van der Waals surface area contributed by atoms with Crippen molar-refractivity contribution >= 4 is 0 Å². The number of para-hydroxylation sites is 1. The van der Waals surface area contributed by atoms with E-state index in [0.717, 1.165) is 5.69 Å². The van der Waals surface area contributed by atoms with Crippen LogP contribution in [0.25, 0.3) is 5.69 Å². The van der Waals surface area contributed by atoms with E-state index in [0.29, 0.717) is 5.56 Å². The quantitative estimate of drug-likeness (QED) is 0.724. The SMILES string of the molecule is N#Cc1cccnc1Oc1ncn(-c2ccccc2)n1. The number of nitrogens with zero attached hydrogens (tertiary/aromatic N) is 5. The summed E-state index contributed by atoms with van der Waals surface area (Å²) in [7, 11) is 0. The van der Waals surface area contributed by atoms with E-state index in [2.05, 4.69) is 15.1 Å². The van der Waals surface area contributed by atoms with Crippen molar-refractivity contribution < 1.29 is 4.74 Å². The van der Waals surface area contributed by atoms with Gasteiger partial charge >= 0.3 is 6.01 Å². The van der Waals surface area contributed by atoms with Gasteiger partial charge in [0.2, 0.25) is 5.88 Å². The van der Waals surface area contributed by atoms with Crippen molar-refractivity contribution in [2.45, 2.75) is 0 Å². The summed E-state index contributed by atoms with van der Waals surface area (Å²) in [5.74, 6) is 0.195. The van der Waals surface area contributed by atoms with Crippen LogP contribution in [0.15, 0.2) is 55.0 Å². The maximum Gasteiger partial charge on any atom is 0.342 e. The fourth-order valence-corrected chi connectivity index (χ4v) is 1.64. The number of rotatable bonds is 3. The molecule has 6 nitrogen and oxygen atoms in total. The lowest BCUT2D eigenvalue weighted by atomic mass is 10.3. The molecule has 0 unspecified atom stereocenters. The molecule has 1 aromatic carbocycles. The molecule has 0 N–H and O–H groups in total. The predicted octanol–water partition coefficient (Wildman–Crippen LogP) is 2.33. The Labute approximate surface area is 114 Å². The van der Waals surface area contributed by atoms with E-state index in [4.69, 9.17) is 10.00 Å². The number of hydrogen-bond acceptors (Lipinski definition) is 5. The molecular weight excluding hydrogens is 254 g/mol.